The highest BCUT2D eigenvalue weighted by atomic mass is 16.5. The molecular formula is C18H20N4O. The van der Waals surface area contributed by atoms with Gasteiger partial charge in [0, 0.05) is 42.7 Å². The van der Waals surface area contributed by atoms with Gasteiger partial charge in [-0.1, -0.05) is 29.4 Å². The summed E-state index contributed by atoms with van der Waals surface area (Å²) in [6.07, 6.45) is 3.78. The summed E-state index contributed by atoms with van der Waals surface area (Å²) in [6, 6.07) is 10.1. The summed E-state index contributed by atoms with van der Waals surface area (Å²) >= 11 is 0. The Kier molecular flexibility index (Phi) is 4.48. The zero-order valence-corrected chi connectivity index (χ0v) is 13.7. The van der Waals surface area contributed by atoms with Crippen molar-refractivity contribution in [3.8, 4) is 11.4 Å². The van der Waals surface area contributed by atoms with E-state index in [2.05, 4.69) is 33.0 Å². The van der Waals surface area contributed by atoms with Crippen LogP contribution in [0.15, 0.2) is 47.2 Å². The molecule has 3 rings (SSSR count). The van der Waals surface area contributed by atoms with Crippen LogP contribution in [0.3, 0.4) is 0 Å². The van der Waals surface area contributed by atoms with E-state index in [1.807, 2.05) is 50.6 Å². The Morgan fingerprint density at radius 2 is 1.78 bits per heavy atom. The quantitative estimate of drug-likeness (QED) is 0.723. The SMILES string of the molecule is Cc1cc(CN(C)Cc2cnc(-c3ccccc3C)nc2)no1. The second-order valence-corrected chi connectivity index (χ2v) is 5.83. The maximum atomic E-state index is 5.09. The van der Waals surface area contributed by atoms with E-state index in [1.165, 1.54) is 5.56 Å². The summed E-state index contributed by atoms with van der Waals surface area (Å²) in [7, 11) is 2.04. The Balaban J connectivity index is 1.66. The summed E-state index contributed by atoms with van der Waals surface area (Å²) < 4.78 is 5.09. The van der Waals surface area contributed by atoms with Gasteiger partial charge in [-0.25, -0.2) is 9.97 Å². The zero-order chi connectivity index (χ0) is 16.2. The van der Waals surface area contributed by atoms with E-state index < -0.39 is 0 Å². The first-order valence-electron chi connectivity index (χ1n) is 7.59. The largest absolute Gasteiger partial charge is 0.361 e. The number of benzene rings is 1. The van der Waals surface area contributed by atoms with Crippen molar-refractivity contribution >= 4 is 0 Å². The predicted octanol–water partition coefficient (Wildman–Crippen LogP) is 3.38. The van der Waals surface area contributed by atoms with Gasteiger partial charge in [0.15, 0.2) is 5.82 Å². The number of hydrogen-bond acceptors (Lipinski definition) is 5. The van der Waals surface area contributed by atoms with Gasteiger partial charge in [0.1, 0.15) is 5.76 Å². The van der Waals surface area contributed by atoms with Crippen LogP contribution in [0.5, 0.6) is 0 Å². The van der Waals surface area contributed by atoms with Crippen molar-refractivity contribution in [3.63, 3.8) is 0 Å². The third-order valence-corrected chi connectivity index (χ3v) is 3.65. The summed E-state index contributed by atoms with van der Waals surface area (Å²) in [5.74, 6) is 1.60. The van der Waals surface area contributed by atoms with Crippen LogP contribution >= 0.6 is 0 Å². The maximum Gasteiger partial charge on any atom is 0.159 e. The van der Waals surface area contributed by atoms with Crippen LogP contribution in [0.4, 0.5) is 0 Å². The normalized spacial score (nSPS) is 11.1. The Hall–Kier alpha value is -2.53. The summed E-state index contributed by atoms with van der Waals surface area (Å²) in [5, 5.41) is 4.01. The molecule has 2 heterocycles. The van der Waals surface area contributed by atoms with Crippen LogP contribution in [-0.2, 0) is 13.1 Å². The highest BCUT2D eigenvalue weighted by molar-refractivity contribution is 5.59. The van der Waals surface area contributed by atoms with Gasteiger partial charge in [0.25, 0.3) is 0 Å². The summed E-state index contributed by atoms with van der Waals surface area (Å²) in [5.41, 5.74) is 4.26. The van der Waals surface area contributed by atoms with Crippen LogP contribution in [0.25, 0.3) is 11.4 Å². The molecule has 0 N–H and O–H groups in total. The van der Waals surface area contributed by atoms with Crippen LogP contribution in [0.2, 0.25) is 0 Å². The van der Waals surface area contributed by atoms with E-state index in [9.17, 15) is 0 Å². The first-order valence-corrected chi connectivity index (χ1v) is 7.59. The van der Waals surface area contributed by atoms with Crippen molar-refractivity contribution in [2.75, 3.05) is 7.05 Å². The van der Waals surface area contributed by atoms with Crippen LogP contribution < -0.4 is 0 Å². The molecule has 1 aromatic carbocycles. The molecule has 3 aromatic rings. The Morgan fingerprint density at radius 1 is 1.04 bits per heavy atom. The van der Waals surface area contributed by atoms with E-state index in [0.717, 1.165) is 41.5 Å². The lowest BCUT2D eigenvalue weighted by molar-refractivity contribution is 0.301. The first-order chi connectivity index (χ1) is 11.1. The summed E-state index contributed by atoms with van der Waals surface area (Å²) in [6.45, 7) is 5.46. The van der Waals surface area contributed by atoms with E-state index >= 15 is 0 Å². The molecule has 0 aliphatic carbocycles. The maximum absolute atomic E-state index is 5.09. The molecule has 0 atom stereocenters. The van der Waals surface area contributed by atoms with Gasteiger partial charge in [0.05, 0.1) is 5.69 Å². The molecule has 0 fully saturated rings. The molecule has 0 aliphatic rings. The number of nitrogens with zero attached hydrogens (tertiary/aromatic N) is 4. The number of aromatic nitrogens is 3. The molecule has 5 heteroatoms. The monoisotopic (exact) mass is 308 g/mol. The first kappa shape index (κ1) is 15.4. The van der Waals surface area contributed by atoms with Gasteiger partial charge in [-0.15, -0.1) is 0 Å². The standard InChI is InChI=1S/C18H20N4O/c1-13-6-4-5-7-17(13)18-19-9-15(10-20-18)11-22(3)12-16-8-14(2)23-21-16/h4-10H,11-12H2,1-3H3. The third-order valence-electron chi connectivity index (χ3n) is 3.65. The Labute approximate surface area is 136 Å². The fourth-order valence-electron chi connectivity index (χ4n) is 2.54. The van der Waals surface area contributed by atoms with Gasteiger partial charge in [-0.2, -0.15) is 0 Å². The van der Waals surface area contributed by atoms with Crippen molar-refractivity contribution < 1.29 is 4.52 Å². The van der Waals surface area contributed by atoms with Crippen molar-refractivity contribution in [1.82, 2.24) is 20.0 Å². The van der Waals surface area contributed by atoms with Crippen LogP contribution in [-0.4, -0.2) is 27.1 Å². The van der Waals surface area contributed by atoms with Crippen molar-refractivity contribution in [1.29, 1.82) is 0 Å². The molecule has 0 amide bonds. The average molecular weight is 308 g/mol. The number of hydrogen-bond donors (Lipinski definition) is 0. The van der Waals surface area contributed by atoms with E-state index in [-0.39, 0.29) is 0 Å². The van der Waals surface area contributed by atoms with Crippen molar-refractivity contribution in [2.45, 2.75) is 26.9 Å². The van der Waals surface area contributed by atoms with Crippen molar-refractivity contribution in [3.05, 3.63) is 65.3 Å². The lowest BCUT2D eigenvalue weighted by atomic mass is 10.1. The molecular weight excluding hydrogens is 288 g/mol. The van der Waals surface area contributed by atoms with Crippen LogP contribution in [0.1, 0.15) is 22.6 Å². The molecule has 0 bridgehead atoms. The Morgan fingerprint density at radius 3 is 2.43 bits per heavy atom. The zero-order valence-electron chi connectivity index (χ0n) is 13.7. The van der Waals surface area contributed by atoms with Crippen molar-refractivity contribution in [2.24, 2.45) is 0 Å². The van der Waals surface area contributed by atoms with Gasteiger partial charge in [0.2, 0.25) is 0 Å². The van der Waals surface area contributed by atoms with Gasteiger partial charge >= 0.3 is 0 Å². The topological polar surface area (TPSA) is 55.1 Å². The smallest absolute Gasteiger partial charge is 0.159 e. The predicted molar refractivity (Wildman–Crippen MR) is 88.6 cm³/mol. The molecule has 0 saturated heterocycles. The molecule has 2 aromatic heterocycles. The molecule has 0 spiro atoms. The molecule has 0 saturated carbocycles. The fourth-order valence-corrected chi connectivity index (χ4v) is 2.54. The lowest BCUT2D eigenvalue weighted by Crippen LogP contribution is -2.17. The molecule has 118 valence electrons. The van der Waals surface area contributed by atoms with Crippen LogP contribution in [0, 0.1) is 13.8 Å². The highest BCUT2D eigenvalue weighted by Gasteiger charge is 2.08. The Bertz CT molecular complexity index is 780. The highest BCUT2D eigenvalue weighted by Crippen LogP contribution is 2.19. The molecule has 23 heavy (non-hydrogen) atoms. The van der Waals surface area contributed by atoms with Gasteiger partial charge < -0.3 is 4.52 Å². The third kappa shape index (κ3) is 3.81. The minimum absolute atomic E-state index is 0.733. The van der Waals surface area contributed by atoms with Gasteiger partial charge in [-0.05, 0) is 26.5 Å². The van der Waals surface area contributed by atoms with E-state index in [0.29, 0.717) is 0 Å². The lowest BCUT2D eigenvalue weighted by Gasteiger charge is -2.14. The number of rotatable bonds is 5. The number of aryl methyl sites for hydroxylation is 2. The molecule has 5 nitrogen and oxygen atoms in total. The summed E-state index contributed by atoms with van der Waals surface area (Å²) in [4.78, 5) is 11.2. The van der Waals surface area contributed by atoms with E-state index in [4.69, 9.17) is 4.52 Å². The molecule has 0 unspecified atom stereocenters. The van der Waals surface area contributed by atoms with Gasteiger partial charge in [-0.3, -0.25) is 4.90 Å². The second-order valence-electron chi connectivity index (χ2n) is 5.83. The minimum Gasteiger partial charge on any atom is -0.361 e. The molecule has 0 aliphatic heterocycles. The second kappa shape index (κ2) is 6.71. The fraction of sp³-hybridized carbons (Fsp3) is 0.278. The van der Waals surface area contributed by atoms with E-state index in [1.54, 1.807) is 0 Å². The molecule has 0 radical (unpaired) electrons. The average Bonchev–Trinajstić information content (AvgIpc) is 2.93. The minimum atomic E-state index is 0.733.